The standard InChI is InChI=1S/C20H18FN3O2S/c21-15-7-5-13(6-8-15)9-10-24-12-14(11-18(24)25)19(26)23-20-22-16-3-1-2-4-17(16)27-20/h1-8,14H,9-12H2,(H,22,23,26). The maximum atomic E-state index is 13.0. The molecule has 1 saturated heterocycles. The van der Waals surface area contributed by atoms with E-state index < -0.39 is 0 Å². The highest BCUT2D eigenvalue weighted by Crippen LogP contribution is 2.27. The quantitative estimate of drug-likeness (QED) is 0.734. The molecule has 2 aromatic carbocycles. The first-order chi connectivity index (χ1) is 13.1. The summed E-state index contributed by atoms with van der Waals surface area (Å²) in [6.45, 7) is 0.923. The van der Waals surface area contributed by atoms with Crippen LogP contribution in [-0.4, -0.2) is 34.8 Å². The number of hydrogen-bond donors (Lipinski definition) is 1. The number of rotatable bonds is 5. The van der Waals surface area contributed by atoms with E-state index in [4.69, 9.17) is 0 Å². The second-order valence-corrected chi connectivity index (χ2v) is 7.62. The van der Waals surface area contributed by atoms with Gasteiger partial charge in [-0.05, 0) is 36.2 Å². The van der Waals surface area contributed by atoms with Crippen LogP contribution in [-0.2, 0) is 16.0 Å². The molecule has 1 atom stereocenters. The first-order valence-electron chi connectivity index (χ1n) is 8.77. The third-order valence-electron chi connectivity index (χ3n) is 4.69. The molecule has 0 radical (unpaired) electrons. The Morgan fingerprint density at radius 3 is 2.78 bits per heavy atom. The van der Waals surface area contributed by atoms with Crippen LogP contribution in [0.4, 0.5) is 9.52 Å². The summed E-state index contributed by atoms with van der Waals surface area (Å²) in [4.78, 5) is 30.9. The summed E-state index contributed by atoms with van der Waals surface area (Å²) < 4.78 is 14.0. The molecule has 0 aliphatic carbocycles. The van der Waals surface area contributed by atoms with Crippen LogP contribution in [0, 0.1) is 11.7 Å². The number of thiazole rings is 1. The monoisotopic (exact) mass is 383 g/mol. The van der Waals surface area contributed by atoms with Crippen LogP contribution in [0.25, 0.3) is 10.2 Å². The zero-order chi connectivity index (χ0) is 18.8. The summed E-state index contributed by atoms with van der Waals surface area (Å²) in [5, 5.41) is 3.40. The van der Waals surface area contributed by atoms with Crippen LogP contribution >= 0.6 is 11.3 Å². The molecule has 0 spiro atoms. The predicted octanol–water partition coefficient (Wildman–Crippen LogP) is 3.47. The normalized spacial score (nSPS) is 16.9. The number of fused-ring (bicyclic) bond motifs is 1. The van der Waals surface area contributed by atoms with Crippen molar-refractivity contribution in [1.82, 2.24) is 9.88 Å². The zero-order valence-corrected chi connectivity index (χ0v) is 15.3. The molecule has 0 bridgehead atoms. The summed E-state index contributed by atoms with van der Waals surface area (Å²) in [7, 11) is 0. The highest BCUT2D eigenvalue weighted by molar-refractivity contribution is 7.22. The van der Waals surface area contributed by atoms with Crippen molar-refractivity contribution in [2.24, 2.45) is 5.92 Å². The number of para-hydroxylation sites is 1. The molecule has 4 rings (SSSR count). The molecule has 2 amide bonds. The fourth-order valence-corrected chi connectivity index (χ4v) is 4.08. The molecule has 5 nitrogen and oxygen atoms in total. The van der Waals surface area contributed by atoms with Gasteiger partial charge in [-0.3, -0.25) is 9.59 Å². The summed E-state index contributed by atoms with van der Waals surface area (Å²) in [5.41, 5.74) is 1.81. The van der Waals surface area contributed by atoms with E-state index in [2.05, 4.69) is 10.3 Å². The van der Waals surface area contributed by atoms with E-state index in [1.165, 1.54) is 23.5 Å². The van der Waals surface area contributed by atoms with Crippen LogP contribution in [0.15, 0.2) is 48.5 Å². The van der Waals surface area contributed by atoms with Crippen LogP contribution in [0.3, 0.4) is 0 Å². The molecule has 1 N–H and O–H groups in total. The van der Waals surface area contributed by atoms with Gasteiger partial charge in [0.2, 0.25) is 11.8 Å². The van der Waals surface area contributed by atoms with Crippen LogP contribution in [0.2, 0.25) is 0 Å². The molecular weight excluding hydrogens is 365 g/mol. The molecule has 7 heteroatoms. The predicted molar refractivity (Wildman–Crippen MR) is 103 cm³/mol. The van der Waals surface area contributed by atoms with E-state index in [-0.39, 0.29) is 30.0 Å². The lowest BCUT2D eigenvalue weighted by atomic mass is 10.1. The molecule has 1 aromatic heterocycles. The van der Waals surface area contributed by atoms with Crippen LogP contribution in [0.1, 0.15) is 12.0 Å². The van der Waals surface area contributed by atoms with E-state index in [9.17, 15) is 14.0 Å². The smallest absolute Gasteiger partial charge is 0.231 e. The third-order valence-corrected chi connectivity index (χ3v) is 5.64. The lowest BCUT2D eigenvalue weighted by Gasteiger charge is -2.16. The second kappa shape index (κ2) is 7.44. The van der Waals surface area contributed by atoms with Gasteiger partial charge < -0.3 is 10.2 Å². The van der Waals surface area contributed by atoms with Crippen molar-refractivity contribution >= 4 is 38.5 Å². The summed E-state index contributed by atoms with van der Waals surface area (Å²) in [6, 6.07) is 13.9. The van der Waals surface area contributed by atoms with Crippen molar-refractivity contribution in [3.8, 4) is 0 Å². The average Bonchev–Trinajstić information content (AvgIpc) is 3.24. The van der Waals surface area contributed by atoms with Crippen molar-refractivity contribution < 1.29 is 14.0 Å². The van der Waals surface area contributed by atoms with Crippen molar-refractivity contribution in [1.29, 1.82) is 0 Å². The van der Waals surface area contributed by atoms with Crippen molar-refractivity contribution in [2.75, 3.05) is 18.4 Å². The van der Waals surface area contributed by atoms with Crippen molar-refractivity contribution in [3.05, 3.63) is 59.9 Å². The highest BCUT2D eigenvalue weighted by Gasteiger charge is 2.34. The van der Waals surface area contributed by atoms with Gasteiger partial charge in [0.05, 0.1) is 16.1 Å². The van der Waals surface area contributed by atoms with Gasteiger partial charge in [-0.2, -0.15) is 0 Å². The van der Waals surface area contributed by atoms with Gasteiger partial charge in [0.25, 0.3) is 0 Å². The molecule has 27 heavy (non-hydrogen) atoms. The van der Waals surface area contributed by atoms with E-state index in [1.807, 2.05) is 24.3 Å². The molecular formula is C20H18FN3O2S. The number of nitrogens with zero attached hydrogens (tertiary/aromatic N) is 2. The van der Waals surface area contributed by atoms with E-state index >= 15 is 0 Å². The molecule has 2 heterocycles. The first kappa shape index (κ1) is 17.6. The van der Waals surface area contributed by atoms with Crippen LogP contribution in [0.5, 0.6) is 0 Å². The Morgan fingerprint density at radius 2 is 2.00 bits per heavy atom. The number of benzene rings is 2. The molecule has 0 saturated carbocycles. The second-order valence-electron chi connectivity index (χ2n) is 6.59. The van der Waals surface area contributed by atoms with Gasteiger partial charge in [0.15, 0.2) is 5.13 Å². The Labute approximate surface area is 159 Å². The Hall–Kier alpha value is -2.80. The number of halogens is 1. The maximum absolute atomic E-state index is 13.0. The number of likely N-dealkylation sites (tertiary alicyclic amines) is 1. The average molecular weight is 383 g/mol. The van der Waals surface area contributed by atoms with Crippen LogP contribution < -0.4 is 5.32 Å². The minimum absolute atomic E-state index is 0.0263. The number of aromatic nitrogens is 1. The Kier molecular flexibility index (Phi) is 4.85. The SMILES string of the molecule is O=C(Nc1nc2ccccc2s1)C1CC(=O)N(CCc2ccc(F)cc2)C1. The van der Waals surface area contributed by atoms with Gasteiger partial charge in [0.1, 0.15) is 5.82 Å². The molecule has 3 aromatic rings. The van der Waals surface area contributed by atoms with Gasteiger partial charge in [-0.25, -0.2) is 9.37 Å². The summed E-state index contributed by atoms with van der Waals surface area (Å²) in [6.07, 6.45) is 0.846. The Balaban J connectivity index is 1.34. The fourth-order valence-electron chi connectivity index (χ4n) is 3.21. The summed E-state index contributed by atoms with van der Waals surface area (Å²) in [5.74, 6) is -0.853. The number of anilines is 1. The first-order valence-corrected chi connectivity index (χ1v) is 9.59. The topological polar surface area (TPSA) is 62.3 Å². The number of nitrogens with one attached hydrogen (secondary N) is 1. The summed E-state index contributed by atoms with van der Waals surface area (Å²) >= 11 is 1.42. The number of hydrogen-bond acceptors (Lipinski definition) is 4. The number of carbonyl (C=O) groups excluding carboxylic acids is 2. The zero-order valence-electron chi connectivity index (χ0n) is 14.5. The number of amides is 2. The van der Waals surface area contributed by atoms with Gasteiger partial charge >= 0.3 is 0 Å². The lowest BCUT2D eigenvalue weighted by Crippen LogP contribution is -2.30. The Bertz CT molecular complexity index is 953. The van der Waals surface area contributed by atoms with Crippen molar-refractivity contribution in [2.45, 2.75) is 12.8 Å². The molecule has 1 aliphatic heterocycles. The van der Waals surface area contributed by atoms with Crippen molar-refractivity contribution in [3.63, 3.8) is 0 Å². The fraction of sp³-hybridized carbons (Fsp3) is 0.250. The Morgan fingerprint density at radius 1 is 1.22 bits per heavy atom. The van der Waals surface area contributed by atoms with E-state index in [0.29, 0.717) is 24.6 Å². The minimum atomic E-state index is -0.377. The molecule has 138 valence electrons. The highest BCUT2D eigenvalue weighted by atomic mass is 32.1. The maximum Gasteiger partial charge on any atom is 0.231 e. The number of carbonyl (C=O) groups is 2. The molecule has 1 fully saturated rings. The largest absolute Gasteiger partial charge is 0.342 e. The van der Waals surface area contributed by atoms with E-state index in [0.717, 1.165) is 15.8 Å². The van der Waals surface area contributed by atoms with E-state index in [1.54, 1.807) is 17.0 Å². The van der Waals surface area contributed by atoms with Gasteiger partial charge in [-0.15, -0.1) is 0 Å². The minimum Gasteiger partial charge on any atom is -0.342 e. The molecule has 1 unspecified atom stereocenters. The third kappa shape index (κ3) is 3.98. The van der Waals surface area contributed by atoms with Gasteiger partial charge in [-0.1, -0.05) is 35.6 Å². The molecule has 1 aliphatic rings. The lowest BCUT2D eigenvalue weighted by molar-refractivity contribution is -0.128. The van der Waals surface area contributed by atoms with Gasteiger partial charge in [0, 0.05) is 19.5 Å².